The first kappa shape index (κ1) is 29.0. The van der Waals surface area contributed by atoms with E-state index < -0.39 is 0 Å². The summed E-state index contributed by atoms with van der Waals surface area (Å²) in [7, 11) is 1.82. The van der Waals surface area contributed by atoms with E-state index in [1.54, 1.807) is 4.90 Å². The summed E-state index contributed by atoms with van der Waals surface area (Å²) < 4.78 is 0. The predicted octanol–water partition coefficient (Wildman–Crippen LogP) is 1.91. The van der Waals surface area contributed by atoms with Crippen LogP contribution in [0.2, 0.25) is 0 Å². The average Bonchev–Trinajstić information content (AvgIpc) is 3.11. The van der Waals surface area contributed by atoms with E-state index in [2.05, 4.69) is 32.0 Å². The van der Waals surface area contributed by atoms with Gasteiger partial charge in [-0.05, 0) is 36.6 Å². The molecule has 1 aliphatic heterocycles. The van der Waals surface area contributed by atoms with Gasteiger partial charge in [-0.2, -0.15) is 0 Å². The summed E-state index contributed by atoms with van der Waals surface area (Å²) in [5, 5.41) is 21.3. The van der Waals surface area contributed by atoms with Crippen molar-refractivity contribution in [2.45, 2.75) is 45.8 Å². The third kappa shape index (κ3) is 11.4. The number of likely N-dealkylation sites (tertiary alicyclic amines) is 1. The largest absolute Gasteiger partial charge is 0.394 e. The molecular formula is C22H37N3O4. The van der Waals surface area contributed by atoms with Gasteiger partial charge in [0.25, 0.3) is 0 Å². The van der Waals surface area contributed by atoms with Crippen LogP contribution in [0.1, 0.15) is 50.8 Å². The first-order valence-electron chi connectivity index (χ1n) is 9.29. The highest BCUT2D eigenvalue weighted by Gasteiger charge is 2.27. The topological polar surface area (TPSA) is 125 Å². The highest BCUT2D eigenvalue weighted by molar-refractivity contribution is 5.77. The van der Waals surface area contributed by atoms with Crippen LogP contribution in [0.3, 0.4) is 0 Å². The molecule has 1 aromatic carbocycles. The van der Waals surface area contributed by atoms with E-state index in [0.717, 1.165) is 24.1 Å². The number of terminal acetylenes is 1. The number of nitrogens with zero attached hydrogens (tertiary/aromatic N) is 1. The van der Waals surface area contributed by atoms with Crippen LogP contribution in [0.15, 0.2) is 24.3 Å². The van der Waals surface area contributed by atoms with Crippen molar-refractivity contribution in [2.24, 2.45) is 5.41 Å². The van der Waals surface area contributed by atoms with Crippen LogP contribution >= 0.6 is 0 Å². The van der Waals surface area contributed by atoms with E-state index >= 15 is 0 Å². The molecule has 0 aliphatic carbocycles. The molecule has 0 bridgehead atoms. The van der Waals surface area contributed by atoms with Gasteiger partial charge in [-0.3, -0.25) is 4.79 Å². The number of amides is 1. The van der Waals surface area contributed by atoms with Crippen LogP contribution in [0.5, 0.6) is 0 Å². The number of rotatable bonds is 4. The Balaban J connectivity index is 0. The Bertz CT molecular complexity index is 616. The number of aliphatic hydroxyl groups excluding tert-OH is 2. The number of hydrogen-bond donors (Lipinski definition) is 4. The summed E-state index contributed by atoms with van der Waals surface area (Å²) in [6, 6.07) is 7.58. The van der Waals surface area contributed by atoms with Crippen LogP contribution in [-0.2, 0) is 9.59 Å². The van der Waals surface area contributed by atoms with Crippen molar-refractivity contribution in [3.05, 3.63) is 35.4 Å². The Labute approximate surface area is 175 Å². The second-order valence-electron chi connectivity index (χ2n) is 7.81. The van der Waals surface area contributed by atoms with E-state index in [0.29, 0.717) is 13.0 Å². The first-order valence-corrected chi connectivity index (χ1v) is 9.29. The quantitative estimate of drug-likeness (QED) is 0.565. The van der Waals surface area contributed by atoms with Crippen molar-refractivity contribution in [3.8, 4) is 12.3 Å². The summed E-state index contributed by atoms with van der Waals surface area (Å²) in [6.45, 7) is 9.49. The maximum atomic E-state index is 11.6. The van der Waals surface area contributed by atoms with Crippen molar-refractivity contribution in [1.82, 2.24) is 16.4 Å². The van der Waals surface area contributed by atoms with Gasteiger partial charge in [0.2, 0.25) is 5.91 Å². The number of nitrogens with one attached hydrogen (secondary N) is 1. The lowest BCUT2D eigenvalue weighted by atomic mass is 9.92. The molecule has 7 nitrogen and oxygen atoms in total. The molecule has 0 saturated carbocycles. The van der Waals surface area contributed by atoms with Crippen LogP contribution in [-0.4, -0.2) is 60.7 Å². The molecule has 29 heavy (non-hydrogen) atoms. The molecule has 2 unspecified atom stereocenters. The molecule has 0 radical (unpaired) electrons. The lowest BCUT2D eigenvalue weighted by molar-refractivity contribution is -0.132. The van der Waals surface area contributed by atoms with Crippen LogP contribution in [0.25, 0.3) is 0 Å². The summed E-state index contributed by atoms with van der Waals surface area (Å²) in [5.74, 6) is 2.72. The normalized spacial score (nSPS) is 16.2. The number of likely N-dealkylation sites (N-methyl/N-ethyl adjacent to an activating group) is 1. The minimum Gasteiger partial charge on any atom is -0.394 e. The van der Waals surface area contributed by atoms with Crippen LogP contribution in [0, 0.1) is 17.8 Å². The molecule has 1 amide bonds. The Morgan fingerprint density at radius 3 is 2.24 bits per heavy atom. The molecule has 7 heteroatoms. The van der Waals surface area contributed by atoms with E-state index in [9.17, 15) is 9.90 Å². The number of aliphatic hydroxyl groups is 2. The number of hydrogen-bond acceptors (Lipinski definition) is 6. The van der Waals surface area contributed by atoms with Crippen LogP contribution in [0.4, 0.5) is 0 Å². The third-order valence-corrected chi connectivity index (χ3v) is 4.21. The van der Waals surface area contributed by atoms with Gasteiger partial charge >= 0.3 is 0 Å². The Hall–Kier alpha value is -2.24. The van der Waals surface area contributed by atoms with Crippen molar-refractivity contribution < 1.29 is 19.8 Å². The van der Waals surface area contributed by atoms with E-state index in [4.69, 9.17) is 16.3 Å². The van der Waals surface area contributed by atoms with Gasteiger partial charge in [-0.15, -0.1) is 6.42 Å². The van der Waals surface area contributed by atoms with Gasteiger partial charge in [0.1, 0.15) is 6.79 Å². The smallest absolute Gasteiger partial charge is 0.223 e. The fourth-order valence-corrected chi connectivity index (χ4v) is 2.71. The summed E-state index contributed by atoms with van der Waals surface area (Å²) in [6.07, 6.45) is 6.23. The van der Waals surface area contributed by atoms with Crippen LogP contribution < -0.4 is 11.5 Å². The van der Waals surface area contributed by atoms with Gasteiger partial charge < -0.3 is 31.4 Å². The molecule has 0 spiro atoms. The average molecular weight is 408 g/mol. The van der Waals surface area contributed by atoms with Gasteiger partial charge in [-0.25, -0.2) is 0 Å². The Morgan fingerprint density at radius 1 is 1.34 bits per heavy atom. The zero-order valence-corrected chi connectivity index (χ0v) is 18.1. The van der Waals surface area contributed by atoms with E-state index in [1.165, 1.54) is 0 Å². The highest BCUT2D eigenvalue weighted by atomic mass is 16.3. The van der Waals surface area contributed by atoms with Crippen molar-refractivity contribution >= 4 is 12.7 Å². The van der Waals surface area contributed by atoms with Gasteiger partial charge in [0.15, 0.2) is 0 Å². The van der Waals surface area contributed by atoms with Crippen molar-refractivity contribution in [3.63, 3.8) is 0 Å². The second-order valence-corrected chi connectivity index (χ2v) is 7.81. The van der Waals surface area contributed by atoms with E-state index in [1.807, 2.05) is 38.1 Å². The van der Waals surface area contributed by atoms with E-state index in [-0.39, 0.29) is 36.2 Å². The minimum atomic E-state index is -0.302. The maximum Gasteiger partial charge on any atom is 0.223 e. The summed E-state index contributed by atoms with van der Waals surface area (Å²) in [5.41, 5.74) is 1.95. The lowest BCUT2D eigenvalue weighted by Gasteiger charge is -2.22. The molecule has 1 heterocycles. The molecule has 1 aliphatic rings. The zero-order valence-electron chi connectivity index (χ0n) is 18.1. The second kappa shape index (κ2) is 14.7. The molecule has 2 rings (SSSR count). The molecule has 0 aromatic heterocycles. The number of benzene rings is 1. The third-order valence-electron chi connectivity index (χ3n) is 4.21. The first-order chi connectivity index (χ1) is 13.2. The van der Waals surface area contributed by atoms with Gasteiger partial charge in [0.05, 0.1) is 18.8 Å². The molecule has 1 fully saturated rings. The summed E-state index contributed by atoms with van der Waals surface area (Å²) in [4.78, 5) is 21.4. The Kier molecular flexibility index (Phi) is 14.7. The standard InChI is InChI=1S/C11H13NO.C10H19NO2.CH2O.H3N/c1-3-9-4-6-10(7-5-9)11(8-13)12-2;1-10(2,3)6-9(13)11-5-4-8(12)7-11;1-2;/h1,4-7,11-13H,8H2,2H3;8,12H,4-7H2,1-3H3;1H2;1H3. The monoisotopic (exact) mass is 407 g/mol. The minimum absolute atomic E-state index is 0. The zero-order chi connectivity index (χ0) is 21.7. The predicted molar refractivity (Wildman–Crippen MR) is 117 cm³/mol. The fraction of sp³-hybridized carbons (Fsp3) is 0.545. The van der Waals surface area contributed by atoms with Gasteiger partial charge in [0, 0.05) is 25.1 Å². The molecule has 164 valence electrons. The fourth-order valence-electron chi connectivity index (χ4n) is 2.71. The lowest BCUT2D eigenvalue weighted by Crippen LogP contribution is -2.32. The highest BCUT2D eigenvalue weighted by Crippen LogP contribution is 2.21. The molecular weight excluding hydrogens is 370 g/mol. The van der Waals surface area contributed by atoms with Crippen molar-refractivity contribution in [2.75, 3.05) is 26.7 Å². The molecule has 2 atom stereocenters. The van der Waals surface area contributed by atoms with Crippen molar-refractivity contribution in [1.29, 1.82) is 0 Å². The molecule has 1 aromatic rings. The maximum absolute atomic E-state index is 11.6. The number of β-amino-alcohol motifs (C(OH)–C–C–N with tert-alkyl or cyclic N) is 1. The van der Waals surface area contributed by atoms with Gasteiger partial charge in [-0.1, -0.05) is 38.8 Å². The molecule has 6 N–H and O–H groups in total. The molecule has 1 saturated heterocycles. The number of carbonyl (C=O) groups is 2. The number of carbonyl (C=O) groups excluding carboxylic acids is 2. The summed E-state index contributed by atoms with van der Waals surface area (Å²) >= 11 is 0. The SMILES string of the molecule is C#Cc1ccc(C(CO)NC)cc1.C=O.CC(C)(C)CC(=O)N1CCC(O)C1.N. The Morgan fingerprint density at radius 2 is 1.90 bits per heavy atom.